The van der Waals surface area contributed by atoms with Gasteiger partial charge in [0.15, 0.2) is 0 Å². The summed E-state index contributed by atoms with van der Waals surface area (Å²) in [6, 6.07) is 0. The van der Waals surface area contributed by atoms with Gasteiger partial charge in [-0.3, -0.25) is 0 Å². The van der Waals surface area contributed by atoms with Crippen LogP contribution in [0.4, 0.5) is 0 Å². The Labute approximate surface area is 120 Å². The molecule has 0 bridgehead atoms. The minimum absolute atomic E-state index is 0.640. The third-order valence-corrected chi connectivity index (χ3v) is 5.97. The minimum atomic E-state index is 0.640. The van der Waals surface area contributed by atoms with Crippen LogP contribution in [0.1, 0.15) is 25.0 Å². The number of nitrogens with zero attached hydrogens (tertiary/aromatic N) is 2. The molecule has 0 spiro atoms. The first-order valence-corrected chi connectivity index (χ1v) is 8.58. The van der Waals surface area contributed by atoms with Gasteiger partial charge < -0.3 is 0 Å². The van der Waals surface area contributed by atoms with Crippen LogP contribution in [0.15, 0.2) is 16.4 Å². The number of benzene rings is 1. The summed E-state index contributed by atoms with van der Waals surface area (Å²) in [5.74, 6) is 1.07. The molecule has 1 unspecified atom stereocenters. The maximum absolute atomic E-state index is 4.49. The normalized spacial score (nSPS) is 18.2. The molecule has 2 aromatic rings. The molecule has 0 N–H and O–H groups in total. The topological polar surface area (TPSA) is 25.8 Å². The summed E-state index contributed by atoms with van der Waals surface area (Å²) in [6.45, 7) is 8.44. The molecule has 0 saturated heterocycles. The Hall–Kier alpha value is -0.520. The van der Waals surface area contributed by atoms with Gasteiger partial charge >= 0.3 is 0 Å². The SMILES string of the molecule is C=Cc1c(SCC)c2c(c3nsnc13)CC(C)S2. The van der Waals surface area contributed by atoms with Crippen LogP contribution in [0.3, 0.4) is 0 Å². The van der Waals surface area contributed by atoms with Crippen LogP contribution in [0.25, 0.3) is 17.1 Å². The fourth-order valence-electron chi connectivity index (χ4n) is 2.36. The molecule has 1 atom stereocenters. The maximum Gasteiger partial charge on any atom is 0.113 e. The second kappa shape index (κ2) is 4.87. The average molecular weight is 294 g/mol. The molecule has 94 valence electrons. The highest BCUT2D eigenvalue weighted by Crippen LogP contribution is 2.48. The van der Waals surface area contributed by atoms with Crippen molar-refractivity contribution in [1.29, 1.82) is 0 Å². The number of hydrogen-bond acceptors (Lipinski definition) is 5. The fourth-order valence-corrected chi connectivity index (χ4v) is 5.34. The fraction of sp³-hybridized carbons (Fsp3) is 0.385. The zero-order chi connectivity index (χ0) is 12.7. The average Bonchev–Trinajstić information content (AvgIpc) is 2.95. The molecule has 0 radical (unpaired) electrons. The van der Waals surface area contributed by atoms with Gasteiger partial charge in [0, 0.05) is 20.6 Å². The Morgan fingerprint density at radius 3 is 2.94 bits per heavy atom. The van der Waals surface area contributed by atoms with Crippen molar-refractivity contribution in [3.8, 4) is 0 Å². The molecule has 2 nitrogen and oxygen atoms in total. The molecule has 2 heterocycles. The van der Waals surface area contributed by atoms with E-state index in [1.807, 2.05) is 29.6 Å². The lowest BCUT2D eigenvalue weighted by atomic mass is 10.0. The monoisotopic (exact) mass is 294 g/mol. The van der Waals surface area contributed by atoms with Crippen LogP contribution in [-0.4, -0.2) is 19.7 Å². The lowest BCUT2D eigenvalue weighted by Crippen LogP contribution is -1.94. The Kier molecular flexibility index (Phi) is 3.38. The van der Waals surface area contributed by atoms with E-state index in [1.165, 1.54) is 32.6 Å². The zero-order valence-electron chi connectivity index (χ0n) is 10.4. The van der Waals surface area contributed by atoms with E-state index in [9.17, 15) is 0 Å². The lowest BCUT2D eigenvalue weighted by Gasteiger charge is -2.11. The Morgan fingerprint density at radius 2 is 2.22 bits per heavy atom. The van der Waals surface area contributed by atoms with Crippen molar-refractivity contribution < 1.29 is 0 Å². The Morgan fingerprint density at radius 1 is 1.44 bits per heavy atom. The molecule has 0 amide bonds. The van der Waals surface area contributed by atoms with Gasteiger partial charge in [-0.25, -0.2) is 0 Å². The molecule has 1 aliphatic rings. The van der Waals surface area contributed by atoms with E-state index < -0.39 is 0 Å². The van der Waals surface area contributed by atoms with Gasteiger partial charge in [-0.2, -0.15) is 8.75 Å². The van der Waals surface area contributed by atoms with Gasteiger partial charge in [0.05, 0.1) is 11.7 Å². The summed E-state index contributed by atoms with van der Waals surface area (Å²) < 4.78 is 8.97. The number of aromatic nitrogens is 2. The van der Waals surface area contributed by atoms with Gasteiger partial charge in [-0.1, -0.05) is 26.5 Å². The van der Waals surface area contributed by atoms with Gasteiger partial charge in [0.1, 0.15) is 11.0 Å². The molecule has 5 heteroatoms. The Balaban J connectivity index is 2.36. The van der Waals surface area contributed by atoms with Gasteiger partial charge in [0.2, 0.25) is 0 Å². The van der Waals surface area contributed by atoms with Gasteiger partial charge in [-0.05, 0) is 17.7 Å². The molecule has 0 saturated carbocycles. The highest BCUT2D eigenvalue weighted by Gasteiger charge is 2.28. The molecule has 18 heavy (non-hydrogen) atoms. The van der Waals surface area contributed by atoms with Crippen molar-refractivity contribution >= 4 is 52.4 Å². The summed E-state index contributed by atoms with van der Waals surface area (Å²) >= 11 is 5.18. The number of fused-ring (bicyclic) bond motifs is 3. The molecular formula is C13H14N2S3. The largest absolute Gasteiger partial charge is 0.173 e. The number of thioether (sulfide) groups is 2. The molecule has 3 rings (SSSR count). The van der Waals surface area contributed by atoms with Crippen molar-refractivity contribution in [3.05, 3.63) is 17.7 Å². The third-order valence-electron chi connectivity index (χ3n) is 3.06. The standard InChI is InChI=1S/C13H14N2S3/c1-4-8-10-11(15-18-14-10)9-6-7(3)17-13(9)12(8)16-5-2/h4,7H,1,5-6H2,2-3H3. The number of hydrogen-bond donors (Lipinski definition) is 0. The summed E-state index contributed by atoms with van der Waals surface area (Å²) in [6.07, 6.45) is 3.04. The van der Waals surface area contributed by atoms with Crippen LogP contribution >= 0.6 is 35.3 Å². The van der Waals surface area contributed by atoms with Crippen LogP contribution in [0.2, 0.25) is 0 Å². The predicted octanol–water partition coefficient (Wildman–Crippen LogP) is 4.48. The van der Waals surface area contributed by atoms with Crippen LogP contribution in [-0.2, 0) is 6.42 Å². The lowest BCUT2D eigenvalue weighted by molar-refractivity contribution is 0.960. The van der Waals surface area contributed by atoms with Crippen molar-refractivity contribution in [2.24, 2.45) is 0 Å². The van der Waals surface area contributed by atoms with E-state index in [1.54, 1.807) is 0 Å². The quantitative estimate of drug-likeness (QED) is 0.779. The second-order valence-corrected chi connectivity index (χ2v) is 7.53. The third kappa shape index (κ3) is 1.80. The van der Waals surface area contributed by atoms with Crippen LogP contribution in [0, 0.1) is 0 Å². The maximum atomic E-state index is 4.49. The summed E-state index contributed by atoms with van der Waals surface area (Å²) in [4.78, 5) is 2.78. The van der Waals surface area contributed by atoms with E-state index >= 15 is 0 Å². The molecule has 1 aromatic carbocycles. The first-order valence-electron chi connectivity index (χ1n) is 5.99. The highest BCUT2D eigenvalue weighted by molar-refractivity contribution is 8.02. The van der Waals surface area contributed by atoms with Gasteiger partial charge in [0.25, 0.3) is 0 Å². The van der Waals surface area contributed by atoms with Crippen molar-refractivity contribution in [1.82, 2.24) is 8.75 Å². The molecule has 1 aliphatic heterocycles. The van der Waals surface area contributed by atoms with E-state index in [0.717, 1.165) is 23.2 Å². The summed E-state index contributed by atoms with van der Waals surface area (Å²) in [5, 5.41) is 0.640. The molecule has 1 aromatic heterocycles. The molecule has 0 aliphatic carbocycles. The Bertz CT molecular complexity index is 618. The predicted molar refractivity (Wildman–Crippen MR) is 82.9 cm³/mol. The molecular weight excluding hydrogens is 280 g/mol. The zero-order valence-corrected chi connectivity index (χ0v) is 12.8. The van der Waals surface area contributed by atoms with Gasteiger partial charge in [-0.15, -0.1) is 23.5 Å². The summed E-state index contributed by atoms with van der Waals surface area (Å²) in [5.41, 5.74) is 4.71. The first kappa shape index (κ1) is 12.5. The second-order valence-electron chi connectivity index (χ2n) is 4.28. The minimum Gasteiger partial charge on any atom is -0.173 e. The van der Waals surface area contributed by atoms with Crippen molar-refractivity contribution in [2.75, 3.05) is 5.75 Å². The summed E-state index contributed by atoms with van der Waals surface area (Å²) in [7, 11) is 0. The van der Waals surface area contributed by atoms with E-state index in [4.69, 9.17) is 0 Å². The smallest absolute Gasteiger partial charge is 0.113 e. The number of rotatable bonds is 3. The van der Waals surface area contributed by atoms with E-state index in [2.05, 4.69) is 29.2 Å². The first-order chi connectivity index (χ1) is 8.76. The van der Waals surface area contributed by atoms with Crippen molar-refractivity contribution in [3.63, 3.8) is 0 Å². The van der Waals surface area contributed by atoms with Crippen molar-refractivity contribution in [2.45, 2.75) is 35.3 Å². The van der Waals surface area contributed by atoms with Crippen LogP contribution in [0.5, 0.6) is 0 Å². The molecule has 0 fully saturated rings. The van der Waals surface area contributed by atoms with Crippen LogP contribution < -0.4 is 0 Å². The van der Waals surface area contributed by atoms with E-state index in [0.29, 0.717) is 5.25 Å². The van der Waals surface area contributed by atoms with E-state index in [-0.39, 0.29) is 0 Å². The highest BCUT2D eigenvalue weighted by atomic mass is 32.2.